The van der Waals surface area contributed by atoms with Gasteiger partial charge in [0.05, 0.1) is 5.60 Å². The van der Waals surface area contributed by atoms with Crippen LogP contribution >= 0.6 is 0 Å². The van der Waals surface area contributed by atoms with Gasteiger partial charge in [0.25, 0.3) is 10.0 Å². The van der Waals surface area contributed by atoms with Gasteiger partial charge in [-0.1, -0.05) is 6.07 Å². The minimum absolute atomic E-state index is 0.00583. The summed E-state index contributed by atoms with van der Waals surface area (Å²) >= 11 is 0. The first-order chi connectivity index (χ1) is 8.95. The third-order valence-corrected chi connectivity index (χ3v) is 4.56. The van der Waals surface area contributed by atoms with Crippen molar-refractivity contribution in [2.45, 2.75) is 36.9 Å². The van der Waals surface area contributed by atoms with Crippen LogP contribution in [0.2, 0.25) is 0 Å². The molecule has 0 radical (unpaired) electrons. The Morgan fingerprint density at radius 1 is 1.53 bits per heavy atom. The van der Waals surface area contributed by atoms with Gasteiger partial charge in [0.15, 0.2) is 5.03 Å². The monoisotopic (exact) mass is 285 g/mol. The molecule has 6 nitrogen and oxygen atoms in total. The molecule has 0 bridgehead atoms. The Bertz CT molecular complexity index is 522. The average molecular weight is 285 g/mol. The van der Waals surface area contributed by atoms with Crippen LogP contribution in [0.5, 0.6) is 0 Å². The molecule has 1 atom stereocenters. The van der Waals surface area contributed by atoms with Crippen molar-refractivity contribution in [3.8, 4) is 0 Å². The fraction of sp³-hybridized carbons (Fsp3) is 0.583. The third-order valence-electron chi connectivity index (χ3n) is 3.25. The molecule has 1 aromatic heterocycles. The first-order valence-corrected chi connectivity index (χ1v) is 7.72. The van der Waals surface area contributed by atoms with Gasteiger partial charge < -0.3 is 10.5 Å². The van der Waals surface area contributed by atoms with Gasteiger partial charge in [0.1, 0.15) is 0 Å². The van der Waals surface area contributed by atoms with Crippen molar-refractivity contribution in [2.75, 3.05) is 13.2 Å². The molecule has 3 N–H and O–H groups in total. The normalized spacial score (nSPS) is 23.7. The zero-order valence-corrected chi connectivity index (χ0v) is 11.7. The number of pyridine rings is 1. The zero-order valence-electron chi connectivity index (χ0n) is 10.9. The molecule has 0 amide bonds. The maximum absolute atomic E-state index is 12.1. The Morgan fingerprint density at radius 2 is 2.32 bits per heavy atom. The van der Waals surface area contributed by atoms with Crippen LogP contribution in [-0.4, -0.2) is 32.2 Å². The molecular formula is C12H19N3O3S. The van der Waals surface area contributed by atoms with Crippen molar-refractivity contribution in [2.24, 2.45) is 5.73 Å². The molecule has 1 unspecified atom stereocenters. The molecule has 1 fully saturated rings. The van der Waals surface area contributed by atoms with E-state index in [1.807, 2.05) is 6.92 Å². The van der Waals surface area contributed by atoms with Crippen molar-refractivity contribution in [3.05, 3.63) is 23.9 Å². The summed E-state index contributed by atoms with van der Waals surface area (Å²) in [7, 11) is -3.59. The van der Waals surface area contributed by atoms with E-state index in [0.29, 0.717) is 13.2 Å². The Hall–Kier alpha value is -1.02. The number of hydrogen-bond acceptors (Lipinski definition) is 5. The highest BCUT2D eigenvalue weighted by atomic mass is 32.2. The Morgan fingerprint density at radius 3 is 2.84 bits per heavy atom. The summed E-state index contributed by atoms with van der Waals surface area (Å²) in [5.74, 6) is 0. The van der Waals surface area contributed by atoms with Gasteiger partial charge in [-0.3, -0.25) is 0 Å². The Balaban J connectivity index is 2.05. The summed E-state index contributed by atoms with van der Waals surface area (Å²) in [6.45, 7) is 3.19. The second-order valence-corrected chi connectivity index (χ2v) is 6.65. The van der Waals surface area contributed by atoms with Crippen molar-refractivity contribution in [1.82, 2.24) is 9.71 Å². The van der Waals surface area contributed by atoms with E-state index in [9.17, 15) is 8.42 Å². The van der Waals surface area contributed by atoms with Gasteiger partial charge in [-0.15, -0.1) is 0 Å². The summed E-state index contributed by atoms with van der Waals surface area (Å²) in [6, 6.07) is 3.12. The van der Waals surface area contributed by atoms with Crippen molar-refractivity contribution in [1.29, 1.82) is 0 Å². The van der Waals surface area contributed by atoms with Crippen LogP contribution in [0.25, 0.3) is 0 Å². The first-order valence-electron chi connectivity index (χ1n) is 6.24. The van der Waals surface area contributed by atoms with E-state index in [-0.39, 0.29) is 11.6 Å². The zero-order chi connectivity index (χ0) is 13.9. The van der Waals surface area contributed by atoms with Gasteiger partial charge in [-0.05, 0) is 31.4 Å². The molecule has 1 aliphatic heterocycles. The fourth-order valence-corrected chi connectivity index (χ4v) is 3.07. The number of ether oxygens (including phenoxy) is 1. The molecule has 0 spiro atoms. The average Bonchev–Trinajstić information content (AvgIpc) is 2.84. The maximum atomic E-state index is 12.1. The Labute approximate surface area is 113 Å². The van der Waals surface area contributed by atoms with Crippen LogP contribution < -0.4 is 10.5 Å². The molecule has 1 saturated heterocycles. The standard InChI is InChI=1S/C12H19N3O3S/c1-12(5-2-6-18-12)9-15-19(16,17)11-4-3-10(7-13)8-14-11/h3-4,8,15H,2,5-7,9,13H2,1H3. The number of sulfonamides is 1. The molecule has 1 aromatic rings. The van der Waals surface area contributed by atoms with E-state index in [2.05, 4.69) is 9.71 Å². The molecule has 2 rings (SSSR count). The second-order valence-electron chi connectivity index (χ2n) is 4.94. The highest BCUT2D eigenvalue weighted by Gasteiger charge is 2.31. The van der Waals surface area contributed by atoms with Gasteiger partial charge in [-0.2, -0.15) is 0 Å². The van der Waals surface area contributed by atoms with E-state index in [0.717, 1.165) is 18.4 Å². The van der Waals surface area contributed by atoms with Gasteiger partial charge in [-0.25, -0.2) is 18.1 Å². The quantitative estimate of drug-likeness (QED) is 0.816. The number of aromatic nitrogens is 1. The van der Waals surface area contributed by atoms with Crippen LogP contribution in [0.15, 0.2) is 23.4 Å². The second kappa shape index (κ2) is 5.54. The van der Waals surface area contributed by atoms with Crippen molar-refractivity contribution < 1.29 is 13.2 Å². The summed E-state index contributed by atoms with van der Waals surface area (Å²) in [4.78, 5) is 3.92. The van der Waals surface area contributed by atoms with Gasteiger partial charge in [0, 0.05) is 25.9 Å². The van der Waals surface area contributed by atoms with Crippen molar-refractivity contribution in [3.63, 3.8) is 0 Å². The highest BCUT2D eigenvalue weighted by Crippen LogP contribution is 2.24. The van der Waals surface area contributed by atoms with Gasteiger partial charge in [0.2, 0.25) is 0 Å². The number of hydrogen-bond donors (Lipinski definition) is 2. The molecule has 0 aromatic carbocycles. The predicted molar refractivity (Wildman–Crippen MR) is 70.9 cm³/mol. The largest absolute Gasteiger partial charge is 0.374 e. The summed E-state index contributed by atoms with van der Waals surface area (Å²) in [5, 5.41) is 0.00583. The molecule has 0 saturated carbocycles. The number of rotatable bonds is 5. The number of nitrogens with zero attached hydrogens (tertiary/aromatic N) is 1. The molecule has 2 heterocycles. The smallest absolute Gasteiger partial charge is 0.258 e. The van der Waals surface area contributed by atoms with Crippen LogP contribution in [0, 0.1) is 0 Å². The molecule has 7 heteroatoms. The molecule has 1 aliphatic rings. The van der Waals surface area contributed by atoms with E-state index in [4.69, 9.17) is 10.5 Å². The minimum Gasteiger partial charge on any atom is -0.374 e. The number of nitrogens with one attached hydrogen (secondary N) is 1. The highest BCUT2D eigenvalue weighted by molar-refractivity contribution is 7.89. The van der Waals surface area contributed by atoms with E-state index in [1.54, 1.807) is 6.07 Å². The summed E-state index contributed by atoms with van der Waals surface area (Å²) < 4.78 is 32.2. The minimum atomic E-state index is -3.59. The molecule has 106 valence electrons. The van der Waals surface area contributed by atoms with E-state index >= 15 is 0 Å². The lowest BCUT2D eigenvalue weighted by atomic mass is 10.0. The van der Waals surface area contributed by atoms with Crippen LogP contribution in [0.1, 0.15) is 25.3 Å². The third kappa shape index (κ3) is 3.50. The fourth-order valence-electron chi connectivity index (χ4n) is 1.99. The Kier molecular flexibility index (Phi) is 4.19. The lowest BCUT2D eigenvalue weighted by molar-refractivity contribution is 0.0250. The lowest BCUT2D eigenvalue weighted by Gasteiger charge is -2.23. The van der Waals surface area contributed by atoms with Crippen LogP contribution in [0.4, 0.5) is 0 Å². The van der Waals surface area contributed by atoms with Crippen LogP contribution in [-0.2, 0) is 21.3 Å². The summed E-state index contributed by atoms with van der Waals surface area (Å²) in [6.07, 6.45) is 3.29. The lowest BCUT2D eigenvalue weighted by Crippen LogP contribution is -2.40. The van der Waals surface area contributed by atoms with Gasteiger partial charge >= 0.3 is 0 Å². The van der Waals surface area contributed by atoms with Crippen molar-refractivity contribution >= 4 is 10.0 Å². The van der Waals surface area contributed by atoms with E-state index in [1.165, 1.54) is 12.3 Å². The maximum Gasteiger partial charge on any atom is 0.258 e. The topological polar surface area (TPSA) is 94.3 Å². The van der Waals surface area contributed by atoms with E-state index < -0.39 is 15.6 Å². The molecule has 19 heavy (non-hydrogen) atoms. The predicted octanol–water partition coefficient (Wildman–Crippen LogP) is 0.388. The number of nitrogens with two attached hydrogens (primary N) is 1. The first kappa shape index (κ1) is 14.4. The summed E-state index contributed by atoms with van der Waals surface area (Å²) in [5.41, 5.74) is 5.83. The molecule has 0 aliphatic carbocycles. The molecular weight excluding hydrogens is 266 g/mol. The SMILES string of the molecule is CC1(CNS(=O)(=O)c2ccc(CN)cn2)CCCO1. The van der Waals surface area contributed by atoms with Crippen LogP contribution in [0.3, 0.4) is 0 Å².